The molecule has 0 radical (unpaired) electrons. The lowest BCUT2D eigenvalue weighted by molar-refractivity contribution is 0.0908. The molecule has 0 N–H and O–H groups in total. The summed E-state index contributed by atoms with van der Waals surface area (Å²) in [5.41, 5.74) is 1.14. The summed E-state index contributed by atoms with van der Waals surface area (Å²) in [7, 11) is 0. The summed E-state index contributed by atoms with van der Waals surface area (Å²) < 4.78 is 0. The molecular weight excluding hydrogens is 238 g/mol. The summed E-state index contributed by atoms with van der Waals surface area (Å²) in [6, 6.07) is 11.0. The highest BCUT2D eigenvalue weighted by atomic mass is 16.1. The van der Waals surface area contributed by atoms with Crippen molar-refractivity contribution < 1.29 is 4.79 Å². The van der Waals surface area contributed by atoms with Crippen LogP contribution in [-0.2, 0) is 0 Å². The normalized spacial score (nSPS) is 10.2. The van der Waals surface area contributed by atoms with E-state index in [0.717, 1.165) is 0 Å². The van der Waals surface area contributed by atoms with E-state index < -0.39 is 0 Å². The van der Waals surface area contributed by atoms with Crippen LogP contribution in [0.5, 0.6) is 0 Å². The van der Waals surface area contributed by atoms with Crippen molar-refractivity contribution in [3.05, 3.63) is 35.4 Å². The fraction of sp³-hybridized carbons (Fsp3) is 0.400. The van der Waals surface area contributed by atoms with Crippen molar-refractivity contribution in [3.8, 4) is 12.1 Å². The number of hydrogen-bond donors (Lipinski definition) is 0. The van der Waals surface area contributed by atoms with Crippen LogP contribution < -0.4 is 0 Å². The molecule has 0 fully saturated rings. The maximum Gasteiger partial charge on any atom is 0.176 e. The summed E-state index contributed by atoms with van der Waals surface area (Å²) in [5, 5.41) is 17.3. The van der Waals surface area contributed by atoms with E-state index in [1.165, 1.54) is 0 Å². The first-order valence-corrected chi connectivity index (χ1v) is 6.23. The molecular formula is C15H17N3O. The molecule has 98 valence electrons. The third kappa shape index (κ3) is 4.54. The van der Waals surface area contributed by atoms with Crippen LogP contribution in [0.1, 0.15) is 36.2 Å². The second-order valence-electron chi connectivity index (χ2n) is 4.58. The molecule has 0 amide bonds. The van der Waals surface area contributed by atoms with Gasteiger partial charge in [0.15, 0.2) is 5.78 Å². The monoisotopic (exact) mass is 255 g/mol. The van der Waals surface area contributed by atoms with Gasteiger partial charge in [-0.15, -0.1) is 0 Å². The first-order chi connectivity index (χ1) is 9.08. The van der Waals surface area contributed by atoms with Gasteiger partial charge >= 0.3 is 0 Å². The number of carbonyl (C=O) groups is 1. The van der Waals surface area contributed by atoms with Crippen molar-refractivity contribution in [1.29, 1.82) is 10.5 Å². The second kappa shape index (κ2) is 7.31. The van der Waals surface area contributed by atoms with Crippen LogP contribution in [0.4, 0.5) is 0 Å². The molecule has 0 saturated carbocycles. The predicted octanol–water partition coefficient (Wildman–Crippen LogP) is 2.37. The average molecular weight is 255 g/mol. The van der Waals surface area contributed by atoms with Crippen LogP contribution >= 0.6 is 0 Å². The van der Waals surface area contributed by atoms with E-state index in [0.29, 0.717) is 30.6 Å². The van der Waals surface area contributed by atoms with Gasteiger partial charge in [0.25, 0.3) is 0 Å². The zero-order valence-electron chi connectivity index (χ0n) is 11.3. The van der Waals surface area contributed by atoms with E-state index in [9.17, 15) is 4.79 Å². The number of ketones is 1. The van der Waals surface area contributed by atoms with Gasteiger partial charge < -0.3 is 0 Å². The number of nitrogens with zero attached hydrogens (tertiary/aromatic N) is 3. The Bertz CT molecular complexity index is 506. The van der Waals surface area contributed by atoms with Crippen LogP contribution in [0.2, 0.25) is 0 Å². The second-order valence-corrected chi connectivity index (χ2v) is 4.58. The average Bonchev–Trinajstić information content (AvgIpc) is 2.43. The van der Waals surface area contributed by atoms with E-state index in [-0.39, 0.29) is 11.8 Å². The van der Waals surface area contributed by atoms with Gasteiger partial charge in [0.2, 0.25) is 0 Å². The molecule has 0 aliphatic heterocycles. The van der Waals surface area contributed by atoms with E-state index in [4.69, 9.17) is 10.5 Å². The molecule has 0 heterocycles. The molecule has 19 heavy (non-hydrogen) atoms. The molecule has 1 rings (SSSR count). The van der Waals surface area contributed by atoms with Crippen molar-refractivity contribution in [2.24, 2.45) is 0 Å². The van der Waals surface area contributed by atoms with Crippen molar-refractivity contribution >= 4 is 5.78 Å². The molecule has 0 unspecified atom stereocenters. The Morgan fingerprint density at radius 3 is 2.37 bits per heavy atom. The first-order valence-electron chi connectivity index (χ1n) is 6.23. The predicted molar refractivity (Wildman–Crippen MR) is 72.4 cm³/mol. The largest absolute Gasteiger partial charge is 0.293 e. The van der Waals surface area contributed by atoms with Crippen molar-refractivity contribution in [2.75, 3.05) is 13.1 Å². The Morgan fingerprint density at radius 2 is 1.89 bits per heavy atom. The van der Waals surface area contributed by atoms with E-state index in [1.54, 1.807) is 24.3 Å². The molecule has 0 saturated heterocycles. The molecule has 0 spiro atoms. The van der Waals surface area contributed by atoms with Gasteiger partial charge in [-0.1, -0.05) is 12.1 Å². The highest BCUT2D eigenvalue weighted by Crippen LogP contribution is 2.07. The van der Waals surface area contributed by atoms with Gasteiger partial charge in [-0.2, -0.15) is 10.5 Å². The number of hydrogen-bond acceptors (Lipinski definition) is 4. The lowest BCUT2D eigenvalue weighted by Crippen LogP contribution is -2.36. The standard InChI is InChI=1S/C15H17N3O/c1-12(2)18(9-3-8-16)11-15(19)14-6-4-13(10-17)5-7-14/h4-7,12H,3,9,11H2,1-2H3. The van der Waals surface area contributed by atoms with Gasteiger partial charge in [0, 0.05) is 24.6 Å². The smallest absolute Gasteiger partial charge is 0.176 e. The topological polar surface area (TPSA) is 67.9 Å². The Kier molecular flexibility index (Phi) is 5.73. The van der Waals surface area contributed by atoms with Gasteiger partial charge in [-0.25, -0.2) is 0 Å². The number of benzene rings is 1. The molecule has 0 bridgehead atoms. The van der Waals surface area contributed by atoms with Gasteiger partial charge in [-0.3, -0.25) is 9.69 Å². The minimum absolute atomic E-state index is 0.0103. The van der Waals surface area contributed by atoms with Crippen molar-refractivity contribution in [2.45, 2.75) is 26.3 Å². The van der Waals surface area contributed by atoms with Gasteiger partial charge in [0.1, 0.15) is 0 Å². The number of rotatable bonds is 6. The van der Waals surface area contributed by atoms with Crippen molar-refractivity contribution in [3.63, 3.8) is 0 Å². The van der Waals surface area contributed by atoms with Crippen LogP contribution in [0.25, 0.3) is 0 Å². The summed E-state index contributed by atoms with van der Waals surface area (Å²) in [6.45, 7) is 4.90. The minimum Gasteiger partial charge on any atom is -0.293 e. The summed E-state index contributed by atoms with van der Waals surface area (Å²) in [6.07, 6.45) is 0.416. The molecule has 0 aliphatic rings. The lowest BCUT2D eigenvalue weighted by atomic mass is 10.1. The number of carbonyl (C=O) groups excluding carboxylic acids is 1. The third-order valence-corrected chi connectivity index (χ3v) is 2.92. The van der Waals surface area contributed by atoms with Gasteiger partial charge in [-0.05, 0) is 26.0 Å². The minimum atomic E-state index is 0.0103. The summed E-state index contributed by atoms with van der Waals surface area (Å²) in [4.78, 5) is 14.1. The fourth-order valence-corrected chi connectivity index (χ4v) is 1.72. The molecule has 0 aliphatic carbocycles. The zero-order chi connectivity index (χ0) is 14.3. The Hall–Kier alpha value is -2.17. The lowest BCUT2D eigenvalue weighted by Gasteiger charge is -2.24. The zero-order valence-corrected chi connectivity index (χ0v) is 11.3. The molecule has 4 heteroatoms. The Labute approximate surface area is 113 Å². The summed E-state index contributed by atoms with van der Waals surface area (Å²) in [5.74, 6) is 0.0103. The molecule has 0 aromatic heterocycles. The van der Waals surface area contributed by atoms with E-state index in [2.05, 4.69) is 6.07 Å². The maximum absolute atomic E-state index is 12.1. The van der Waals surface area contributed by atoms with E-state index >= 15 is 0 Å². The SMILES string of the molecule is CC(C)N(CCC#N)CC(=O)c1ccc(C#N)cc1. The maximum atomic E-state index is 12.1. The van der Waals surface area contributed by atoms with Crippen LogP contribution in [0.3, 0.4) is 0 Å². The quantitative estimate of drug-likeness (QED) is 0.732. The van der Waals surface area contributed by atoms with Crippen LogP contribution in [-0.4, -0.2) is 29.8 Å². The first kappa shape index (κ1) is 14.9. The Balaban J connectivity index is 2.71. The fourth-order valence-electron chi connectivity index (χ4n) is 1.72. The number of nitriles is 2. The molecule has 1 aromatic rings. The van der Waals surface area contributed by atoms with Crippen LogP contribution in [0, 0.1) is 22.7 Å². The highest BCUT2D eigenvalue weighted by Gasteiger charge is 2.15. The Morgan fingerprint density at radius 1 is 1.26 bits per heavy atom. The molecule has 0 atom stereocenters. The highest BCUT2D eigenvalue weighted by molar-refractivity contribution is 5.97. The summed E-state index contributed by atoms with van der Waals surface area (Å²) >= 11 is 0. The molecule has 4 nitrogen and oxygen atoms in total. The third-order valence-electron chi connectivity index (χ3n) is 2.92. The van der Waals surface area contributed by atoms with Crippen molar-refractivity contribution in [1.82, 2.24) is 4.90 Å². The van der Waals surface area contributed by atoms with E-state index in [1.807, 2.05) is 24.8 Å². The van der Waals surface area contributed by atoms with Gasteiger partial charge in [0.05, 0.1) is 24.2 Å². The van der Waals surface area contributed by atoms with Crippen LogP contribution in [0.15, 0.2) is 24.3 Å². The molecule has 1 aromatic carbocycles. The number of Topliss-reactive ketones (excluding diaryl/α,β-unsaturated/α-hetero) is 1.